The van der Waals surface area contributed by atoms with Gasteiger partial charge in [-0.15, -0.1) is 0 Å². The van der Waals surface area contributed by atoms with Crippen LogP contribution < -0.4 is 0 Å². The average Bonchev–Trinajstić information content (AvgIpc) is 3.27. The average molecular weight is 1420 g/mol. The smallest absolute Gasteiger partial charge is 0.154 e. The van der Waals surface area contributed by atoms with Gasteiger partial charge < -0.3 is 18.9 Å². The highest BCUT2D eigenvalue weighted by molar-refractivity contribution is 5.21. The molecule has 3 fully saturated rings. The Bertz CT molecular complexity index is 2350. The minimum atomic E-state index is 0. The monoisotopic (exact) mass is 1420 g/mol. The first-order valence-corrected chi connectivity index (χ1v) is 37.6. The van der Waals surface area contributed by atoms with E-state index in [4.69, 9.17) is 18.9 Å². The van der Waals surface area contributed by atoms with Gasteiger partial charge in [0.05, 0.1) is 26.4 Å². The van der Waals surface area contributed by atoms with E-state index in [0.717, 1.165) is 84.3 Å². The first-order valence-electron chi connectivity index (χ1n) is 37.6. The fourth-order valence-electron chi connectivity index (χ4n) is 8.92. The molecule has 2 unspecified atom stereocenters. The quantitative estimate of drug-likeness (QED) is 0.136. The number of nitrogens with zero attached hydrogens (tertiary/aromatic N) is 6. The third-order valence-electron chi connectivity index (χ3n) is 16.2. The molecule has 103 heavy (non-hydrogen) atoms. The van der Waals surface area contributed by atoms with Crippen molar-refractivity contribution in [3.8, 4) is 0 Å². The number of hydrogen-bond acceptors (Lipinski definition) is 10. The van der Waals surface area contributed by atoms with Gasteiger partial charge in [-0.25, -0.2) is 19.9 Å². The topological polar surface area (TPSA) is 114 Å². The molecule has 0 bridgehead atoms. The van der Waals surface area contributed by atoms with Gasteiger partial charge >= 0.3 is 0 Å². The lowest BCUT2D eigenvalue weighted by Gasteiger charge is -2.24. The largest absolute Gasteiger partial charge is 0.353 e. The third kappa shape index (κ3) is 64.8. The second-order valence-electron chi connectivity index (χ2n) is 27.9. The van der Waals surface area contributed by atoms with E-state index in [1.54, 1.807) is 11.1 Å². The summed E-state index contributed by atoms with van der Waals surface area (Å²) < 4.78 is 20.7. The van der Waals surface area contributed by atoms with Crippen molar-refractivity contribution in [1.29, 1.82) is 0 Å². The zero-order valence-electron chi connectivity index (χ0n) is 68.7. The molecule has 2 aliphatic heterocycles. The van der Waals surface area contributed by atoms with Crippen molar-refractivity contribution in [1.82, 2.24) is 29.9 Å². The van der Waals surface area contributed by atoms with Crippen LogP contribution in [0.1, 0.15) is 262 Å². The fraction of sp³-hybridized carbons (Fsp3) is 0.570. The summed E-state index contributed by atoms with van der Waals surface area (Å²) >= 11 is 0. The van der Waals surface area contributed by atoms with Crippen LogP contribution in [-0.2, 0) is 18.9 Å². The van der Waals surface area contributed by atoms with Gasteiger partial charge in [0, 0.05) is 60.4 Å². The van der Waals surface area contributed by atoms with Crippen molar-refractivity contribution in [3.05, 3.63) is 236 Å². The summed E-state index contributed by atoms with van der Waals surface area (Å²) in [4.78, 5) is 24.0. The van der Waals surface area contributed by atoms with E-state index >= 15 is 0 Å². The Labute approximate surface area is 636 Å². The van der Waals surface area contributed by atoms with Gasteiger partial charge in [-0.2, -0.15) is 0 Å². The molecule has 5 aliphatic rings. The maximum atomic E-state index is 5.17. The number of allylic oxidation sites excluding steroid dienone is 4. The van der Waals surface area contributed by atoms with Crippen LogP contribution in [0.3, 0.4) is 0 Å². The van der Waals surface area contributed by atoms with Gasteiger partial charge in [0.15, 0.2) is 12.6 Å². The summed E-state index contributed by atoms with van der Waals surface area (Å²) in [7, 11) is 0. The molecule has 582 valence electrons. The van der Waals surface area contributed by atoms with Gasteiger partial charge in [-0.1, -0.05) is 259 Å². The molecule has 0 amide bonds. The highest BCUT2D eigenvalue weighted by atomic mass is 16.7. The minimum Gasteiger partial charge on any atom is -0.353 e. The zero-order chi connectivity index (χ0) is 75.8. The number of pyridine rings is 2. The molecular formula is C93H156N6O4. The standard InChI is InChI=1S/C8H16.2C8H14.3C8H10.2C7H9N.2C6H8N2.2C6H12O2.2C2H6.3CH4/c6*1-7-3-5-8(2)6-4-7;2*1-6-3-4-7(2)8-5-6;4*1-5-3-7-6(2)8-4-5;2*1-2;;;/h7-8H,3-6H2,1-2H3;2*3,8H,4-6H2,1-2H3;3*3-6H,1-2H3;2*3-5H,1-2H3;2*3-4H,1-2H3;2*5-6H,3-4H2,1-2H3;2*1-2H3;3*1H4. The van der Waals surface area contributed by atoms with E-state index in [9.17, 15) is 0 Å². The molecular weight excluding hydrogens is 1270 g/mol. The molecule has 10 nitrogen and oxygen atoms in total. The van der Waals surface area contributed by atoms with E-state index in [1.165, 1.54) is 109 Å². The van der Waals surface area contributed by atoms with E-state index < -0.39 is 0 Å². The van der Waals surface area contributed by atoms with E-state index in [0.29, 0.717) is 11.8 Å². The first kappa shape index (κ1) is 105. The molecule has 0 spiro atoms. The van der Waals surface area contributed by atoms with Gasteiger partial charge in [-0.05, 0) is 221 Å². The van der Waals surface area contributed by atoms with Crippen LogP contribution in [0, 0.1) is 132 Å². The fourth-order valence-corrected chi connectivity index (χ4v) is 8.92. The Morgan fingerprint density at radius 1 is 0.252 bits per heavy atom. The first-order chi connectivity index (χ1) is 47.5. The molecule has 1 saturated carbocycles. The molecule has 0 N–H and O–H groups in total. The number of aryl methyl sites for hydroxylation is 14. The maximum Gasteiger partial charge on any atom is 0.154 e. The molecule has 3 aliphatic carbocycles. The Morgan fingerprint density at radius 2 is 0.466 bits per heavy atom. The highest BCUT2D eigenvalue weighted by Crippen LogP contribution is 2.27. The van der Waals surface area contributed by atoms with E-state index in [-0.39, 0.29) is 34.9 Å². The van der Waals surface area contributed by atoms with E-state index in [1.807, 2.05) is 146 Å². The Hall–Kier alpha value is -6.56. The summed E-state index contributed by atoms with van der Waals surface area (Å²) in [5.74, 6) is 6.73. The normalized spacial score (nSPS) is 19.0. The van der Waals surface area contributed by atoms with Crippen molar-refractivity contribution in [2.24, 2.45) is 35.5 Å². The van der Waals surface area contributed by atoms with Crippen molar-refractivity contribution in [2.45, 2.75) is 293 Å². The molecule has 3 aromatic carbocycles. The van der Waals surface area contributed by atoms with Gasteiger partial charge in [0.2, 0.25) is 0 Å². The lowest BCUT2D eigenvalue weighted by Crippen LogP contribution is -2.27. The molecule has 4 aromatic heterocycles. The molecule has 7 aromatic rings. The van der Waals surface area contributed by atoms with Crippen LogP contribution in [0.4, 0.5) is 0 Å². The Morgan fingerprint density at radius 3 is 0.621 bits per heavy atom. The summed E-state index contributed by atoms with van der Waals surface area (Å²) in [5, 5.41) is 0. The van der Waals surface area contributed by atoms with Crippen molar-refractivity contribution in [3.63, 3.8) is 0 Å². The SMILES string of the molecule is C.C.C.CC.CC.CC1=CCC(C)CC1.CC1=CCC(C)CC1.CC1CCC(C)CC1.CC1COC(C)OC1.CC1COC(C)OC1.Cc1ccc(C)cc1.Cc1ccc(C)cc1.Cc1ccc(C)cc1.Cc1ccc(C)nc1.Cc1ccc(C)nc1.Cc1cnc(C)nc1.Cc1cnc(C)nc1. The summed E-state index contributed by atoms with van der Waals surface area (Å²) in [5.41, 5.74) is 18.0. The van der Waals surface area contributed by atoms with Crippen LogP contribution in [0.2, 0.25) is 0 Å². The maximum absolute atomic E-state index is 5.17. The number of ether oxygens (including phenoxy) is 4. The summed E-state index contributed by atoms with van der Waals surface area (Å²) in [6, 6.07) is 33.6. The Kier molecular flexibility index (Phi) is 67.5. The van der Waals surface area contributed by atoms with Crippen LogP contribution in [0.25, 0.3) is 0 Å². The molecule has 0 radical (unpaired) electrons. The second kappa shape index (κ2) is 66.1. The lowest BCUT2D eigenvalue weighted by atomic mass is 9.84. The van der Waals surface area contributed by atoms with Crippen LogP contribution in [0.15, 0.2) is 158 Å². The van der Waals surface area contributed by atoms with E-state index in [2.05, 4.69) is 224 Å². The molecule has 12 rings (SSSR count). The van der Waals surface area contributed by atoms with Crippen LogP contribution >= 0.6 is 0 Å². The van der Waals surface area contributed by atoms with Crippen molar-refractivity contribution >= 4 is 0 Å². The van der Waals surface area contributed by atoms with Crippen LogP contribution in [0.5, 0.6) is 0 Å². The number of benzene rings is 3. The van der Waals surface area contributed by atoms with Gasteiger partial charge in [-0.3, -0.25) is 9.97 Å². The van der Waals surface area contributed by atoms with Crippen LogP contribution in [-0.4, -0.2) is 68.9 Å². The number of rotatable bonds is 0. The van der Waals surface area contributed by atoms with Crippen molar-refractivity contribution < 1.29 is 18.9 Å². The lowest BCUT2D eigenvalue weighted by molar-refractivity contribution is -0.187. The summed E-state index contributed by atoms with van der Waals surface area (Å²) in [6.07, 6.45) is 29.7. The molecule has 2 saturated heterocycles. The highest BCUT2D eigenvalue weighted by Gasteiger charge is 2.15. The number of hydrogen-bond donors (Lipinski definition) is 0. The van der Waals surface area contributed by atoms with Crippen molar-refractivity contribution in [2.75, 3.05) is 26.4 Å². The molecule has 2 atom stereocenters. The predicted molar refractivity (Wildman–Crippen MR) is 452 cm³/mol. The van der Waals surface area contributed by atoms with Gasteiger partial charge in [0.1, 0.15) is 11.6 Å². The third-order valence-corrected chi connectivity index (χ3v) is 16.2. The number of aromatic nitrogens is 6. The predicted octanol–water partition coefficient (Wildman–Crippen LogP) is 26.8. The Balaban J connectivity index is -0.000000337. The second-order valence-corrected chi connectivity index (χ2v) is 27.9. The minimum absolute atomic E-state index is 0. The molecule has 10 heteroatoms. The zero-order valence-corrected chi connectivity index (χ0v) is 68.7. The summed E-state index contributed by atoms with van der Waals surface area (Å²) in [6.45, 7) is 61.6. The molecule has 6 heterocycles. The van der Waals surface area contributed by atoms with Gasteiger partial charge in [0.25, 0.3) is 0 Å².